The zero-order valence-corrected chi connectivity index (χ0v) is 12.1. The molecule has 2 aliphatic rings. The molecule has 0 N–H and O–H groups in total. The van der Waals surface area contributed by atoms with Crippen molar-refractivity contribution in [3.63, 3.8) is 0 Å². The molecule has 0 heterocycles. The van der Waals surface area contributed by atoms with Gasteiger partial charge in [0.25, 0.3) is 0 Å². The van der Waals surface area contributed by atoms with Crippen molar-refractivity contribution in [3.8, 4) is 0 Å². The van der Waals surface area contributed by atoms with Crippen LogP contribution in [0.15, 0.2) is 24.3 Å². The van der Waals surface area contributed by atoms with Gasteiger partial charge in [0.2, 0.25) is 0 Å². The molecule has 0 saturated heterocycles. The van der Waals surface area contributed by atoms with E-state index in [4.69, 9.17) is 0 Å². The Hall–Kier alpha value is -0.0400. The summed E-state index contributed by atoms with van der Waals surface area (Å²) in [6.45, 7) is 13.1. The van der Waals surface area contributed by atoms with Crippen LogP contribution in [0, 0.1) is 17.3 Å². The first kappa shape index (κ1) is 12.4. The molecule has 2 saturated carbocycles. The van der Waals surface area contributed by atoms with Gasteiger partial charge in [0.15, 0.2) is 0 Å². The van der Waals surface area contributed by atoms with Crippen molar-refractivity contribution in [2.45, 2.75) is 50.8 Å². The Morgan fingerprint density at radius 3 is 2.75 bits per heavy atom. The van der Waals surface area contributed by atoms with Crippen molar-refractivity contribution in [2.24, 2.45) is 17.3 Å². The molecular weight excluding hydrogens is 260 g/mol. The molecule has 2 rings (SSSR count). The van der Waals surface area contributed by atoms with Gasteiger partial charge >= 0.3 is 0 Å². The lowest BCUT2D eigenvalue weighted by Gasteiger charge is -2.52. The van der Waals surface area contributed by atoms with Gasteiger partial charge in [-0.15, -0.1) is 0 Å². The van der Waals surface area contributed by atoms with Crippen LogP contribution < -0.4 is 0 Å². The van der Waals surface area contributed by atoms with Crippen molar-refractivity contribution in [1.29, 1.82) is 0 Å². The number of halogens is 1. The average molecular weight is 283 g/mol. The predicted molar refractivity (Wildman–Crippen MR) is 74.8 cm³/mol. The molecule has 0 nitrogen and oxygen atoms in total. The van der Waals surface area contributed by atoms with Gasteiger partial charge in [0.05, 0.1) is 0 Å². The van der Waals surface area contributed by atoms with Crippen LogP contribution in [0.25, 0.3) is 0 Å². The number of rotatable bonds is 1. The molecule has 0 amide bonds. The fraction of sp³-hybridized carbons (Fsp3) is 0.733. The fourth-order valence-corrected chi connectivity index (χ4v) is 4.62. The summed E-state index contributed by atoms with van der Waals surface area (Å²) in [6, 6.07) is 0. The van der Waals surface area contributed by atoms with Crippen LogP contribution >= 0.6 is 15.9 Å². The monoisotopic (exact) mass is 282 g/mol. The summed E-state index contributed by atoms with van der Waals surface area (Å²) in [5.74, 6) is 1.40. The Morgan fingerprint density at radius 2 is 2.12 bits per heavy atom. The summed E-state index contributed by atoms with van der Waals surface area (Å²) in [5.41, 5.74) is 3.29. The Labute approximate surface area is 108 Å². The summed E-state index contributed by atoms with van der Waals surface area (Å²) in [4.78, 5) is 0.637. The standard InChI is InChI=1S/C15H23Br/c1-10(2)12-8-13-11(3)6-5-7-15(13,4)14(16)9-12/h12-14H,1,3,5-9H2,2,4H3/t12-,13-,14-,15-/m0/s1. The lowest BCUT2D eigenvalue weighted by atomic mass is 9.56. The van der Waals surface area contributed by atoms with E-state index in [-0.39, 0.29) is 0 Å². The SMILES string of the molecule is C=C(C)[C@@H]1C[C@H](Br)[C@@]2(C)CCCC(=C)[C@@H]2C1. The molecule has 2 aliphatic carbocycles. The number of hydrogen-bond acceptors (Lipinski definition) is 0. The highest BCUT2D eigenvalue weighted by Gasteiger charge is 2.48. The van der Waals surface area contributed by atoms with Crippen LogP contribution in [0.2, 0.25) is 0 Å². The van der Waals surface area contributed by atoms with Gasteiger partial charge in [0.1, 0.15) is 0 Å². The minimum Gasteiger partial charge on any atom is -0.0999 e. The molecule has 0 unspecified atom stereocenters. The first-order chi connectivity index (χ1) is 7.45. The van der Waals surface area contributed by atoms with Gasteiger partial charge in [0, 0.05) is 4.83 Å². The zero-order valence-electron chi connectivity index (χ0n) is 10.6. The number of alkyl halides is 1. The van der Waals surface area contributed by atoms with Crippen LogP contribution in [-0.2, 0) is 0 Å². The van der Waals surface area contributed by atoms with Crippen molar-refractivity contribution < 1.29 is 0 Å². The van der Waals surface area contributed by atoms with Crippen molar-refractivity contribution in [3.05, 3.63) is 24.3 Å². The number of allylic oxidation sites excluding steroid dienone is 2. The third kappa shape index (κ3) is 1.92. The van der Waals surface area contributed by atoms with Gasteiger partial charge in [-0.05, 0) is 56.3 Å². The second kappa shape index (κ2) is 4.33. The summed E-state index contributed by atoms with van der Waals surface area (Å²) >= 11 is 3.94. The third-order valence-electron chi connectivity index (χ3n) is 4.93. The molecule has 0 radical (unpaired) electrons. The molecule has 0 bridgehead atoms. The predicted octanol–water partition coefficient (Wildman–Crippen LogP) is 5.10. The van der Waals surface area contributed by atoms with E-state index in [1.54, 1.807) is 0 Å². The van der Waals surface area contributed by atoms with Crippen molar-refractivity contribution >= 4 is 15.9 Å². The van der Waals surface area contributed by atoms with Crippen LogP contribution in [0.5, 0.6) is 0 Å². The summed E-state index contributed by atoms with van der Waals surface area (Å²) in [5, 5.41) is 0. The third-order valence-corrected chi connectivity index (χ3v) is 6.35. The number of hydrogen-bond donors (Lipinski definition) is 0. The summed E-state index contributed by atoms with van der Waals surface area (Å²) in [7, 11) is 0. The lowest BCUT2D eigenvalue weighted by molar-refractivity contribution is 0.0944. The van der Waals surface area contributed by atoms with Gasteiger partial charge in [-0.3, -0.25) is 0 Å². The van der Waals surface area contributed by atoms with Crippen LogP contribution in [0.3, 0.4) is 0 Å². The second-order valence-electron chi connectivity index (χ2n) is 6.05. The quantitative estimate of drug-likeness (QED) is 0.464. The molecular formula is C15H23Br. The average Bonchev–Trinajstić information content (AvgIpc) is 2.20. The van der Waals surface area contributed by atoms with E-state index in [2.05, 4.69) is 42.9 Å². The molecule has 0 aromatic heterocycles. The zero-order chi connectivity index (χ0) is 11.9. The molecule has 0 spiro atoms. The molecule has 90 valence electrons. The Kier molecular flexibility index (Phi) is 3.36. The Morgan fingerprint density at radius 1 is 1.44 bits per heavy atom. The molecule has 16 heavy (non-hydrogen) atoms. The first-order valence-electron chi connectivity index (χ1n) is 6.42. The highest BCUT2D eigenvalue weighted by Crippen LogP contribution is 2.56. The normalized spacial score (nSPS) is 43.9. The maximum Gasteiger partial charge on any atom is 0.0211 e. The minimum absolute atomic E-state index is 0.446. The van der Waals surface area contributed by atoms with E-state index < -0.39 is 0 Å². The fourth-order valence-electron chi connectivity index (χ4n) is 3.62. The van der Waals surface area contributed by atoms with Crippen molar-refractivity contribution in [1.82, 2.24) is 0 Å². The maximum absolute atomic E-state index is 4.32. The molecule has 1 heteroatoms. The number of fused-ring (bicyclic) bond motifs is 1. The van der Waals surface area contributed by atoms with E-state index in [0.717, 1.165) is 0 Å². The van der Waals surface area contributed by atoms with Gasteiger partial charge in [-0.25, -0.2) is 0 Å². The smallest absolute Gasteiger partial charge is 0.0211 e. The van der Waals surface area contributed by atoms with E-state index in [9.17, 15) is 0 Å². The van der Waals surface area contributed by atoms with Crippen LogP contribution in [0.1, 0.15) is 46.0 Å². The van der Waals surface area contributed by atoms with E-state index in [1.165, 1.54) is 43.3 Å². The Balaban J connectivity index is 2.25. The van der Waals surface area contributed by atoms with Gasteiger partial charge in [-0.1, -0.05) is 47.2 Å². The molecule has 0 aromatic carbocycles. The molecule has 0 aromatic rings. The van der Waals surface area contributed by atoms with Crippen LogP contribution in [0.4, 0.5) is 0 Å². The summed E-state index contributed by atoms with van der Waals surface area (Å²) < 4.78 is 0. The van der Waals surface area contributed by atoms with E-state index >= 15 is 0 Å². The van der Waals surface area contributed by atoms with E-state index in [1.807, 2.05) is 0 Å². The van der Waals surface area contributed by atoms with Crippen molar-refractivity contribution in [2.75, 3.05) is 0 Å². The topological polar surface area (TPSA) is 0 Å². The molecule has 0 aliphatic heterocycles. The lowest BCUT2D eigenvalue weighted by Crippen LogP contribution is -2.45. The van der Waals surface area contributed by atoms with E-state index in [0.29, 0.717) is 22.1 Å². The maximum atomic E-state index is 4.32. The highest BCUT2D eigenvalue weighted by molar-refractivity contribution is 9.09. The Bertz CT molecular complexity index is 317. The van der Waals surface area contributed by atoms with Gasteiger partial charge in [-0.2, -0.15) is 0 Å². The summed E-state index contributed by atoms with van der Waals surface area (Å²) in [6.07, 6.45) is 6.46. The molecule has 2 fully saturated rings. The van der Waals surface area contributed by atoms with Gasteiger partial charge < -0.3 is 0 Å². The highest BCUT2D eigenvalue weighted by atomic mass is 79.9. The first-order valence-corrected chi connectivity index (χ1v) is 7.34. The second-order valence-corrected chi connectivity index (χ2v) is 7.16. The minimum atomic E-state index is 0.446. The molecule has 4 atom stereocenters. The largest absolute Gasteiger partial charge is 0.0999 e. The van der Waals surface area contributed by atoms with Crippen LogP contribution in [-0.4, -0.2) is 4.83 Å².